The zero-order valence-corrected chi connectivity index (χ0v) is 14.7. The van der Waals surface area contributed by atoms with Crippen molar-refractivity contribution in [2.24, 2.45) is 0 Å². The summed E-state index contributed by atoms with van der Waals surface area (Å²) in [6.07, 6.45) is -1.03. The van der Waals surface area contributed by atoms with Gasteiger partial charge in [-0.3, -0.25) is 4.98 Å². The van der Waals surface area contributed by atoms with E-state index >= 15 is 0 Å². The van der Waals surface area contributed by atoms with Crippen molar-refractivity contribution in [2.75, 3.05) is 31.1 Å². The number of para-hydroxylation sites is 1. The van der Waals surface area contributed by atoms with Crippen molar-refractivity contribution >= 4 is 11.7 Å². The van der Waals surface area contributed by atoms with Crippen LogP contribution < -0.4 is 19.7 Å². The minimum absolute atomic E-state index is 0.0145. The molecular formula is C18H17F3N4O3. The summed E-state index contributed by atoms with van der Waals surface area (Å²) in [6, 6.07) is 5.76. The third kappa shape index (κ3) is 3.62. The van der Waals surface area contributed by atoms with Gasteiger partial charge in [-0.2, -0.15) is 0 Å². The van der Waals surface area contributed by atoms with E-state index in [1.165, 1.54) is 12.3 Å². The van der Waals surface area contributed by atoms with Crippen LogP contribution in [-0.2, 0) is 6.54 Å². The monoisotopic (exact) mass is 394 g/mol. The molecule has 0 unspecified atom stereocenters. The quantitative estimate of drug-likeness (QED) is 0.867. The van der Waals surface area contributed by atoms with E-state index in [0.29, 0.717) is 37.4 Å². The highest BCUT2D eigenvalue weighted by atomic mass is 19.3. The van der Waals surface area contributed by atoms with Crippen LogP contribution in [-0.4, -0.2) is 48.4 Å². The number of pyridine rings is 1. The zero-order valence-electron chi connectivity index (χ0n) is 14.7. The fourth-order valence-corrected chi connectivity index (χ4v) is 3.22. The molecule has 2 amide bonds. The number of piperazine rings is 1. The highest BCUT2D eigenvalue weighted by Crippen LogP contribution is 2.43. The molecule has 0 saturated carbocycles. The summed E-state index contributed by atoms with van der Waals surface area (Å²) in [4.78, 5) is 19.6. The number of anilines is 1. The average molecular weight is 394 g/mol. The molecule has 1 fully saturated rings. The fourth-order valence-electron chi connectivity index (χ4n) is 3.22. The molecule has 2 aromatic rings. The molecule has 0 radical (unpaired) electrons. The lowest BCUT2D eigenvalue weighted by atomic mass is 10.2. The van der Waals surface area contributed by atoms with Gasteiger partial charge in [-0.25, -0.2) is 9.18 Å². The number of hydrogen-bond acceptors (Lipinski definition) is 5. The number of urea groups is 1. The van der Waals surface area contributed by atoms with Crippen LogP contribution in [0.25, 0.3) is 0 Å². The predicted molar refractivity (Wildman–Crippen MR) is 92.9 cm³/mol. The van der Waals surface area contributed by atoms with Crippen LogP contribution in [0.4, 0.5) is 23.7 Å². The largest absolute Gasteiger partial charge is 0.586 e. The van der Waals surface area contributed by atoms with Gasteiger partial charge in [0.15, 0.2) is 17.3 Å². The Balaban J connectivity index is 1.33. The standard InChI is InChI=1S/C18H17F3N4O3/c19-13-11-22-5-4-14(13)24-6-8-25(9-7-24)17(26)23-10-12-2-1-3-15-16(12)28-18(20,21)27-15/h1-5,11H,6-10H2,(H,23,26). The number of amides is 2. The Bertz CT molecular complexity index is 888. The number of fused-ring (bicyclic) bond motifs is 1. The molecule has 1 aromatic heterocycles. The molecule has 1 saturated heterocycles. The summed E-state index contributed by atoms with van der Waals surface area (Å²) >= 11 is 0. The minimum atomic E-state index is -3.71. The maximum absolute atomic E-state index is 13.8. The van der Waals surface area contributed by atoms with E-state index in [0.717, 1.165) is 6.20 Å². The van der Waals surface area contributed by atoms with Gasteiger partial charge in [0, 0.05) is 44.5 Å². The average Bonchev–Trinajstić information content (AvgIpc) is 3.01. The highest BCUT2D eigenvalue weighted by Gasteiger charge is 2.44. The van der Waals surface area contributed by atoms with E-state index in [-0.39, 0.29) is 24.1 Å². The lowest BCUT2D eigenvalue weighted by Gasteiger charge is -2.36. The summed E-state index contributed by atoms with van der Waals surface area (Å²) in [7, 11) is 0. The lowest BCUT2D eigenvalue weighted by molar-refractivity contribution is -0.286. The number of rotatable bonds is 3. The molecule has 0 bridgehead atoms. The van der Waals surface area contributed by atoms with Crippen LogP contribution >= 0.6 is 0 Å². The minimum Gasteiger partial charge on any atom is -0.395 e. The molecule has 0 spiro atoms. The van der Waals surface area contributed by atoms with E-state index < -0.39 is 12.1 Å². The second-order valence-electron chi connectivity index (χ2n) is 6.37. The van der Waals surface area contributed by atoms with Crippen LogP contribution in [0.2, 0.25) is 0 Å². The predicted octanol–water partition coefficient (Wildman–Crippen LogP) is 2.57. The highest BCUT2D eigenvalue weighted by molar-refractivity contribution is 5.74. The number of hydrogen-bond donors (Lipinski definition) is 1. The Morgan fingerprint density at radius 3 is 2.71 bits per heavy atom. The van der Waals surface area contributed by atoms with Crippen molar-refractivity contribution < 1.29 is 27.4 Å². The molecule has 0 atom stereocenters. The van der Waals surface area contributed by atoms with Gasteiger partial charge in [-0.1, -0.05) is 12.1 Å². The summed E-state index contributed by atoms with van der Waals surface area (Å²) < 4.78 is 49.2. The smallest absolute Gasteiger partial charge is 0.395 e. The van der Waals surface area contributed by atoms with Gasteiger partial charge in [0.25, 0.3) is 0 Å². The lowest BCUT2D eigenvalue weighted by Crippen LogP contribution is -2.51. The SMILES string of the molecule is O=C(NCc1cccc2c1OC(F)(F)O2)N1CCN(c2ccncc2F)CC1. The van der Waals surface area contributed by atoms with Gasteiger partial charge in [0.05, 0.1) is 11.9 Å². The Morgan fingerprint density at radius 2 is 1.96 bits per heavy atom. The van der Waals surface area contributed by atoms with Gasteiger partial charge >= 0.3 is 12.3 Å². The van der Waals surface area contributed by atoms with Gasteiger partial charge in [-0.05, 0) is 12.1 Å². The van der Waals surface area contributed by atoms with Crippen molar-refractivity contribution in [3.8, 4) is 11.5 Å². The van der Waals surface area contributed by atoms with Crippen molar-refractivity contribution in [2.45, 2.75) is 12.8 Å². The zero-order chi connectivity index (χ0) is 19.7. The number of carbonyl (C=O) groups excluding carboxylic acids is 1. The first kappa shape index (κ1) is 18.2. The normalized spacial score (nSPS) is 17.5. The number of benzene rings is 1. The third-order valence-corrected chi connectivity index (χ3v) is 4.60. The second kappa shape index (κ2) is 7.10. The number of carbonyl (C=O) groups is 1. The van der Waals surface area contributed by atoms with Crippen LogP contribution in [0.1, 0.15) is 5.56 Å². The molecule has 1 aromatic carbocycles. The number of nitrogens with one attached hydrogen (secondary N) is 1. The molecular weight excluding hydrogens is 377 g/mol. The number of alkyl halides is 2. The van der Waals surface area contributed by atoms with Crippen molar-refractivity contribution in [1.29, 1.82) is 0 Å². The molecule has 2 aliphatic rings. The first-order valence-corrected chi connectivity index (χ1v) is 8.68. The van der Waals surface area contributed by atoms with E-state index in [2.05, 4.69) is 19.8 Å². The Kier molecular flexibility index (Phi) is 4.62. The summed E-state index contributed by atoms with van der Waals surface area (Å²) in [6.45, 7) is 1.76. The van der Waals surface area contributed by atoms with Crippen LogP contribution in [0.15, 0.2) is 36.7 Å². The van der Waals surface area contributed by atoms with Crippen LogP contribution in [0.3, 0.4) is 0 Å². The third-order valence-electron chi connectivity index (χ3n) is 4.60. The van der Waals surface area contributed by atoms with Crippen molar-refractivity contribution in [3.63, 3.8) is 0 Å². The molecule has 28 heavy (non-hydrogen) atoms. The maximum atomic E-state index is 13.8. The molecule has 7 nitrogen and oxygen atoms in total. The number of halogens is 3. The first-order valence-electron chi connectivity index (χ1n) is 8.68. The molecule has 10 heteroatoms. The maximum Gasteiger partial charge on any atom is 0.586 e. The van der Waals surface area contributed by atoms with Gasteiger partial charge in [0.1, 0.15) is 0 Å². The van der Waals surface area contributed by atoms with E-state index in [4.69, 9.17) is 0 Å². The van der Waals surface area contributed by atoms with Gasteiger partial charge in [-0.15, -0.1) is 8.78 Å². The molecule has 0 aliphatic carbocycles. The van der Waals surface area contributed by atoms with Gasteiger partial charge in [0.2, 0.25) is 0 Å². The van der Waals surface area contributed by atoms with E-state index in [9.17, 15) is 18.0 Å². The summed E-state index contributed by atoms with van der Waals surface area (Å²) in [5.41, 5.74) is 0.841. The molecule has 148 valence electrons. The number of ether oxygens (including phenoxy) is 2. The van der Waals surface area contributed by atoms with Gasteiger partial charge < -0.3 is 24.6 Å². The molecule has 4 rings (SSSR count). The Labute approximate surface area is 158 Å². The Morgan fingerprint density at radius 1 is 1.18 bits per heavy atom. The number of nitrogens with zero attached hydrogens (tertiary/aromatic N) is 3. The van der Waals surface area contributed by atoms with Crippen LogP contribution in [0, 0.1) is 5.82 Å². The Hall–Kier alpha value is -3.17. The van der Waals surface area contributed by atoms with E-state index in [1.807, 2.05) is 4.90 Å². The van der Waals surface area contributed by atoms with Crippen LogP contribution in [0.5, 0.6) is 11.5 Å². The summed E-state index contributed by atoms with van der Waals surface area (Å²) in [5.74, 6) is -0.548. The molecule has 3 heterocycles. The van der Waals surface area contributed by atoms with E-state index in [1.54, 1.807) is 23.1 Å². The topological polar surface area (TPSA) is 66.9 Å². The molecule has 1 N–H and O–H groups in total. The molecule has 2 aliphatic heterocycles. The fraction of sp³-hybridized carbons (Fsp3) is 0.333. The second-order valence-corrected chi connectivity index (χ2v) is 6.37. The summed E-state index contributed by atoms with van der Waals surface area (Å²) in [5, 5.41) is 2.70. The van der Waals surface area contributed by atoms with Crippen molar-refractivity contribution in [1.82, 2.24) is 15.2 Å². The first-order chi connectivity index (χ1) is 13.4. The van der Waals surface area contributed by atoms with Crippen molar-refractivity contribution in [3.05, 3.63) is 48.0 Å². The number of aromatic nitrogens is 1.